The van der Waals surface area contributed by atoms with Crippen molar-refractivity contribution in [3.63, 3.8) is 0 Å². The van der Waals surface area contributed by atoms with Crippen molar-refractivity contribution < 1.29 is 18.7 Å². The van der Waals surface area contributed by atoms with E-state index in [0.717, 1.165) is 6.42 Å². The predicted molar refractivity (Wildman–Crippen MR) is 53.9 cm³/mol. The van der Waals surface area contributed by atoms with E-state index in [9.17, 15) is 13.6 Å². The topological polar surface area (TPSA) is 37.3 Å². The van der Waals surface area contributed by atoms with Crippen LogP contribution in [0.25, 0.3) is 0 Å². The molecule has 1 N–H and O–H groups in total. The SMILES string of the molecule is O=C(O)C1CCC1Cc1c(F)cccc1F. The van der Waals surface area contributed by atoms with Crippen LogP contribution in [0.4, 0.5) is 8.78 Å². The van der Waals surface area contributed by atoms with Crippen molar-refractivity contribution in [1.82, 2.24) is 0 Å². The third kappa shape index (κ3) is 1.92. The van der Waals surface area contributed by atoms with Gasteiger partial charge in [-0.25, -0.2) is 8.78 Å². The lowest BCUT2D eigenvalue weighted by Crippen LogP contribution is -2.34. The normalized spacial score (nSPS) is 23.9. The van der Waals surface area contributed by atoms with E-state index in [0.29, 0.717) is 6.42 Å². The summed E-state index contributed by atoms with van der Waals surface area (Å²) in [6, 6.07) is 3.71. The van der Waals surface area contributed by atoms with Crippen LogP contribution in [-0.4, -0.2) is 11.1 Å². The Labute approximate surface area is 91.9 Å². The summed E-state index contributed by atoms with van der Waals surface area (Å²) in [7, 11) is 0. The van der Waals surface area contributed by atoms with Crippen molar-refractivity contribution in [3.05, 3.63) is 35.4 Å². The van der Waals surface area contributed by atoms with Gasteiger partial charge < -0.3 is 5.11 Å². The van der Waals surface area contributed by atoms with Gasteiger partial charge in [-0.1, -0.05) is 6.07 Å². The van der Waals surface area contributed by atoms with E-state index in [1.165, 1.54) is 18.2 Å². The van der Waals surface area contributed by atoms with Crippen molar-refractivity contribution >= 4 is 5.97 Å². The predicted octanol–water partition coefficient (Wildman–Crippen LogP) is 2.62. The number of benzene rings is 1. The van der Waals surface area contributed by atoms with E-state index >= 15 is 0 Å². The standard InChI is InChI=1S/C12H12F2O2/c13-10-2-1-3-11(14)9(10)6-7-4-5-8(7)12(15)16/h1-3,7-8H,4-6H2,(H,15,16). The van der Waals surface area contributed by atoms with Gasteiger partial charge in [0.25, 0.3) is 0 Å². The molecule has 0 aliphatic heterocycles. The second kappa shape index (κ2) is 4.20. The van der Waals surface area contributed by atoms with Crippen LogP contribution in [0.2, 0.25) is 0 Å². The number of carboxylic acid groups (broad SMARTS) is 1. The van der Waals surface area contributed by atoms with Crippen molar-refractivity contribution in [2.45, 2.75) is 19.3 Å². The fourth-order valence-electron chi connectivity index (χ4n) is 2.13. The fourth-order valence-corrected chi connectivity index (χ4v) is 2.13. The number of carbonyl (C=O) groups is 1. The molecule has 1 aliphatic carbocycles. The minimum atomic E-state index is -0.868. The van der Waals surface area contributed by atoms with Crippen LogP contribution in [0, 0.1) is 23.5 Å². The van der Waals surface area contributed by atoms with Crippen LogP contribution < -0.4 is 0 Å². The molecule has 4 heteroatoms. The molecule has 16 heavy (non-hydrogen) atoms. The molecule has 1 aromatic rings. The fraction of sp³-hybridized carbons (Fsp3) is 0.417. The molecule has 0 aromatic heterocycles. The Hall–Kier alpha value is -1.45. The summed E-state index contributed by atoms with van der Waals surface area (Å²) in [4.78, 5) is 10.8. The van der Waals surface area contributed by atoms with Gasteiger partial charge in [0.1, 0.15) is 11.6 Å². The molecule has 2 unspecified atom stereocenters. The summed E-state index contributed by atoms with van der Waals surface area (Å²) in [6.45, 7) is 0. The van der Waals surface area contributed by atoms with E-state index in [1.54, 1.807) is 0 Å². The van der Waals surface area contributed by atoms with Gasteiger partial charge in [-0.3, -0.25) is 4.79 Å². The Kier molecular flexibility index (Phi) is 2.90. The monoisotopic (exact) mass is 226 g/mol. The zero-order chi connectivity index (χ0) is 11.7. The third-order valence-electron chi connectivity index (χ3n) is 3.26. The quantitative estimate of drug-likeness (QED) is 0.860. The molecule has 86 valence electrons. The second-order valence-electron chi connectivity index (χ2n) is 4.19. The highest BCUT2D eigenvalue weighted by atomic mass is 19.1. The number of rotatable bonds is 3. The Balaban J connectivity index is 2.13. The Morgan fingerprint density at radius 2 is 1.94 bits per heavy atom. The van der Waals surface area contributed by atoms with E-state index < -0.39 is 23.5 Å². The summed E-state index contributed by atoms with van der Waals surface area (Å²) >= 11 is 0. The molecular weight excluding hydrogens is 214 g/mol. The summed E-state index contributed by atoms with van der Waals surface area (Å²) < 4.78 is 26.6. The van der Waals surface area contributed by atoms with Gasteiger partial charge in [-0.05, 0) is 37.3 Å². The van der Waals surface area contributed by atoms with Crippen molar-refractivity contribution in [2.75, 3.05) is 0 Å². The maximum Gasteiger partial charge on any atom is 0.306 e. The van der Waals surface area contributed by atoms with Gasteiger partial charge in [-0.2, -0.15) is 0 Å². The molecule has 2 atom stereocenters. The third-order valence-corrected chi connectivity index (χ3v) is 3.26. The number of hydrogen-bond acceptors (Lipinski definition) is 1. The summed E-state index contributed by atoms with van der Waals surface area (Å²) in [6.07, 6.45) is 1.51. The lowest BCUT2D eigenvalue weighted by atomic mass is 9.71. The molecule has 1 fully saturated rings. The lowest BCUT2D eigenvalue weighted by molar-refractivity contribution is -0.147. The highest BCUT2D eigenvalue weighted by molar-refractivity contribution is 5.71. The largest absolute Gasteiger partial charge is 0.481 e. The molecule has 2 rings (SSSR count). The first-order valence-electron chi connectivity index (χ1n) is 5.25. The second-order valence-corrected chi connectivity index (χ2v) is 4.19. The highest BCUT2D eigenvalue weighted by Crippen LogP contribution is 2.37. The number of carboxylic acids is 1. The Morgan fingerprint density at radius 1 is 1.31 bits per heavy atom. The Bertz CT molecular complexity index is 397. The molecular formula is C12H12F2O2. The average molecular weight is 226 g/mol. The van der Waals surface area contributed by atoms with Crippen LogP contribution in [0.3, 0.4) is 0 Å². The lowest BCUT2D eigenvalue weighted by Gasteiger charge is -2.33. The van der Waals surface area contributed by atoms with Gasteiger partial charge in [-0.15, -0.1) is 0 Å². The molecule has 0 bridgehead atoms. The van der Waals surface area contributed by atoms with Crippen molar-refractivity contribution in [1.29, 1.82) is 0 Å². The minimum Gasteiger partial charge on any atom is -0.481 e. The first kappa shape index (κ1) is 11.0. The number of halogens is 2. The van der Waals surface area contributed by atoms with Crippen LogP contribution in [0.1, 0.15) is 18.4 Å². The maximum absolute atomic E-state index is 13.3. The van der Waals surface area contributed by atoms with Crippen molar-refractivity contribution in [3.8, 4) is 0 Å². The molecule has 1 saturated carbocycles. The van der Waals surface area contributed by atoms with Crippen LogP contribution in [0.5, 0.6) is 0 Å². The zero-order valence-corrected chi connectivity index (χ0v) is 8.62. The smallest absolute Gasteiger partial charge is 0.306 e. The average Bonchev–Trinajstić information content (AvgIpc) is 2.14. The van der Waals surface area contributed by atoms with Crippen molar-refractivity contribution in [2.24, 2.45) is 11.8 Å². The minimum absolute atomic E-state index is 0.0125. The van der Waals surface area contributed by atoms with Gasteiger partial charge in [0.2, 0.25) is 0 Å². The van der Waals surface area contributed by atoms with E-state index in [4.69, 9.17) is 5.11 Å². The van der Waals surface area contributed by atoms with E-state index in [1.807, 2.05) is 0 Å². The molecule has 0 saturated heterocycles. The summed E-state index contributed by atoms with van der Waals surface area (Å²) in [5.41, 5.74) is 0.0125. The zero-order valence-electron chi connectivity index (χ0n) is 8.62. The van der Waals surface area contributed by atoms with Gasteiger partial charge in [0.15, 0.2) is 0 Å². The Morgan fingerprint density at radius 3 is 2.38 bits per heavy atom. The summed E-state index contributed by atoms with van der Waals surface area (Å²) in [5.74, 6) is -2.62. The molecule has 0 spiro atoms. The maximum atomic E-state index is 13.3. The van der Waals surface area contributed by atoms with Crippen LogP contribution in [0.15, 0.2) is 18.2 Å². The molecule has 0 amide bonds. The number of hydrogen-bond donors (Lipinski definition) is 1. The van der Waals surface area contributed by atoms with Crippen LogP contribution in [-0.2, 0) is 11.2 Å². The first-order chi connectivity index (χ1) is 7.59. The first-order valence-corrected chi connectivity index (χ1v) is 5.25. The molecule has 0 heterocycles. The molecule has 2 nitrogen and oxygen atoms in total. The molecule has 1 aliphatic rings. The van der Waals surface area contributed by atoms with Gasteiger partial charge in [0, 0.05) is 5.56 Å². The van der Waals surface area contributed by atoms with Gasteiger partial charge >= 0.3 is 5.97 Å². The van der Waals surface area contributed by atoms with Gasteiger partial charge in [0.05, 0.1) is 5.92 Å². The van der Waals surface area contributed by atoms with E-state index in [-0.39, 0.29) is 17.9 Å². The molecule has 1 aromatic carbocycles. The number of aliphatic carboxylic acids is 1. The summed E-state index contributed by atoms with van der Waals surface area (Å²) in [5, 5.41) is 8.83. The molecule has 0 radical (unpaired) electrons. The van der Waals surface area contributed by atoms with Crippen LogP contribution >= 0.6 is 0 Å². The highest BCUT2D eigenvalue weighted by Gasteiger charge is 2.37. The van der Waals surface area contributed by atoms with E-state index in [2.05, 4.69) is 0 Å².